The van der Waals surface area contributed by atoms with E-state index in [2.05, 4.69) is 10.6 Å². The maximum Gasteiger partial charge on any atom is 0.338 e. The molecule has 29 heavy (non-hydrogen) atoms. The van der Waals surface area contributed by atoms with Crippen molar-refractivity contribution in [1.29, 1.82) is 0 Å². The molecule has 1 atom stereocenters. The van der Waals surface area contributed by atoms with E-state index in [1.165, 1.54) is 26.2 Å². The lowest BCUT2D eigenvalue weighted by Crippen LogP contribution is -2.46. The number of hydrogen-bond donors (Lipinski definition) is 2. The SMILES string of the molecule is CCC1=C(C(=O)OCC2CCCCC2)C(c2cccc(OC(C)=O)c2)NC(=O)N1. The zero-order chi connectivity index (χ0) is 20.8. The highest BCUT2D eigenvalue weighted by molar-refractivity contribution is 5.95. The van der Waals surface area contributed by atoms with Crippen LogP contribution in [-0.2, 0) is 14.3 Å². The van der Waals surface area contributed by atoms with Crippen molar-refractivity contribution in [3.8, 4) is 5.75 Å². The van der Waals surface area contributed by atoms with Gasteiger partial charge in [0.15, 0.2) is 0 Å². The molecule has 0 radical (unpaired) electrons. The van der Waals surface area contributed by atoms with E-state index in [-0.39, 0.29) is 6.03 Å². The number of urea groups is 1. The fourth-order valence-electron chi connectivity index (χ4n) is 3.94. The molecule has 1 saturated carbocycles. The molecule has 3 rings (SSSR count). The monoisotopic (exact) mass is 400 g/mol. The van der Waals surface area contributed by atoms with Crippen LogP contribution < -0.4 is 15.4 Å². The summed E-state index contributed by atoms with van der Waals surface area (Å²) in [7, 11) is 0. The van der Waals surface area contributed by atoms with E-state index in [9.17, 15) is 14.4 Å². The smallest absolute Gasteiger partial charge is 0.338 e. The summed E-state index contributed by atoms with van der Waals surface area (Å²) in [6.07, 6.45) is 6.24. The summed E-state index contributed by atoms with van der Waals surface area (Å²) in [5.74, 6) is -0.109. The third-order valence-corrected chi connectivity index (χ3v) is 5.35. The van der Waals surface area contributed by atoms with Gasteiger partial charge < -0.3 is 20.1 Å². The van der Waals surface area contributed by atoms with Gasteiger partial charge in [-0.05, 0) is 42.9 Å². The minimum Gasteiger partial charge on any atom is -0.462 e. The first kappa shape index (κ1) is 20.9. The summed E-state index contributed by atoms with van der Waals surface area (Å²) in [4.78, 5) is 36.4. The summed E-state index contributed by atoms with van der Waals surface area (Å²) in [5.41, 5.74) is 1.59. The van der Waals surface area contributed by atoms with Crippen LogP contribution in [0, 0.1) is 5.92 Å². The Balaban J connectivity index is 1.84. The molecule has 0 bridgehead atoms. The first-order valence-corrected chi connectivity index (χ1v) is 10.2. The molecular weight excluding hydrogens is 372 g/mol. The summed E-state index contributed by atoms with van der Waals surface area (Å²) < 4.78 is 10.8. The molecule has 0 aromatic heterocycles. The quantitative estimate of drug-likeness (QED) is 0.560. The van der Waals surface area contributed by atoms with Gasteiger partial charge in [0.25, 0.3) is 0 Å². The number of allylic oxidation sites excluding steroid dienone is 1. The van der Waals surface area contributed by atoms with Crippen molar-refractivity contribution in [2.24, 2.45) is 5.92 Å². The van der Waals surface area contributed by atoms with Gasteiger partial charge in [-0.2, -0.15) is 0 Å². The molecule has 1 aliphatic heterocycles. The second kappa shape index (κ2) is 9.58. The predicted molar refractivity (Wildman–Crippen MR) is 107 cm³/mol. The van der Waals surface area contributed by atoms with E-state index in [0.717, 1.165) is 12.8 Å². The third kappa shape index (κ3) is 5.37. The topological polar surface area (TPSA) is 93.7 Å². The van der Waals surface area contributed by atoms with Crippen LogP contribution in [0.2, 0.25) is 0 Å². The Labute approximate surface area is 170 Å². The normalized spacial score (nSPS) is 19.9. The fourth-order valence-corrected chi connectivity index (χ4v) is 3.94. The number of amides is 2. The van der Waals surface area contributed by atoms with E-state index in [1.807, 2.05) is 6.92 Å². The van der Waals surface area contributed by atoms with Crippen molar-refractivity contribution in [3.05, 3.63) is 41.1 Å². The van der Waals surface area contributed by atoms with Gasteiger partial charge in [-0.15, -0.1) is 0 Å². The highest BCUT2D eigenvalue weighted by Gasteiger charge is 2.33. The highest BCUT2D eigenvalue weighted by Crippen LogP contribution is 2.31. The van der Waals surface area contributed by atoms with Crippen molar-refractivity contribution in [2.75, 3.05) is 6.61 Å². The molecule has 1 aliphatic carbocycles. The molecule has 7 heteroatoms. The number of ether oxygens (including phenoxy) is 2. The summed E-state index contributed by atoms with van der Waals surface area (Å²) in [5, 5.41) is 5.52. The Morgan fingerprint density at radius 2 is 1.93 bits per heavy atom. The Bertz CT molecular complexity index is 811. The number of benzene rings is 1. The van der Waals surface area contributed by atoms with E-state index in [4.69, 9.17) is 9.47 Å². The first-order valence-electron chi connectivity index (χ1n) is 10.2. The van der Waals surface area contributed by atoms with E-state index < -0.39 is 18.0 Å². The van der Waals surface area contributed by atoms with Gasteiger partial charge >= 0.3 is 18.0 Å². The molecule has 156 valence electrons. The fraction of sp³-hybridized carbons (Fsp3) is 0.500. The van der Waals surface area contributed by atoms with Crippen molar-refractivity contribution >= 4 is 18.0 Å². The Kier molecular flexibility index (Phi) is 6.90. The minimum atomic E-state index is -0.673. The zero-order valence-corrected chi connectivity index (χ0v) is 17.0. The van der Waals surface area contributed by atoms with Gasteiger partial charge in [-0.1, -0.05) is 38.3 Å². The lowest BCUT2D eigenvalue weighted by Gasteiger charge is -2.30. The molecule has 1 unspecified atom stereocenters. The number of nitrogens with one attached hydrogen (secondary N) is 2. The van der Waals surface area contributed by atoms with Gasteiger partial charge in [-0.25, -0.2) is 9.59 Å². The highest BCUT2D eigenvalue weighted by atomic mass is 16.5. The maximum absolute atomic E-state index is 13.0. The van der Waals surface area contributed by atoms with Crippen LogP contribution in [0.5, 0.6) is 5.75 Å². The lowest BCUT2D eigenvalue weighted by atomic mass is 9.90. The molecular formula is C22H28N2O5. The molecule has 2 amide bonds. The largest absolute Gasteiger partial charge is 0.462 e. The molecule has 1 aromatic carbocycles. The molecule has 0 spiro atoms. The molecule has 1 fully saturated rings. The summed E-state index contributed by atoms with van der Waals surface area (Å²) >= 11 is 0. The van der Waals surface area contributed by atoms with Crippen LogP contribution in [0.1, 0.15) is 64.0 Å². The van der Waals surface area contributed by atoms with Gasteiger partial charge in [0.05, 0.1) is 18.2 Å². The van der Waals surface area contributed by atoms with Crippen molar-refractivity contribution in [3.63, 3.8) is 0 Å². The van der Waals surface area contributed by atoms with Gasteiger partial charge in [0.1, 0.15) is 5.75 Å². The average molecular weight is 400 g/mol. The van der Waals surface area contributed by atoms with Crippen molar-refractivity contribution in [1.82, 2.24) is 10.6 Å². The second-order valence-electron chi connectivity index (χ2n) is 7.55. The Hall–Kier alpha value is -2.83. The first-order chi connectivity index (χ1) is 14.0. The molecule has 2 aliphatic rings. The van der Waals surface area contributed by atoms with Gasteiger partial charge in [-0.3, -0.25) is 4.79 Å². The predicted octanol–water partition coefficient (Wildman–Crippen LogP) is 3.75. The van der Waals surface area contributed by atoms with E-state index >= 15 is 0 Å². The van der Waals surface area contributed by atoms with Crippen LogP contribution in [0.15, 0.2) is 35.5 Å². The third-order valence-electron chi connectivity index (χ3n) is 5.35. The Morgan fingerprint density at radius 3 is 2.62 bits per heavy atom. The minimum absolute atomic E-state index is 0.357. The van der Waals surface area contributed by atoms with Crippen LogP contribution >= 0.6 is 0 Å². The van der Waals surface area contributed by atoms with Crippen LogP contribution in [0.25, 0.3) is 0 Å². The number of rotatable bonds is 6. The van der Waals surface area contributed by atoms with Gasteiger partial charge in [0.2, 0.25) is 0 Å². The summed E-state index contributed by atoms with van der Waals surface area (Å²) in [6, 6.07) is 5.75. The maximum atomic E-state index is 13.0. The molecule has 2 N–H and O–H groups in total. The molecule has 1 aromatic rings. The van der Waals surface area contributed by atoms with Crippen molar-refractivity contribution < 1.29 is 23.9 Å². The standard InChI is InChI=1S/C22H28N2O5/c1-3-18-19(21(26)28-13-15-8-5-4-6-9-15)20(24-22(27)23-18)16-10-7-11-17(12-16)29-14(2)25/h7,10-12,15,20H,3-6,8-9,13H2,1-2H3,(H2,23,24,27). The number of carbonyl (C=O) groups excluding carboxylic acids is 3. The zero-order valence-electron chi connectivity index (χ0n) is 17.0. The van der Waals surface area contributed by atoms with Crippen LogP contribution in [0.3, 0.4) is 0 Å². The van der Waals surface area contributed by atoms with E-state index in [1.54, 1.807) is 24.3 Å². The van der Waals surface area contributed by atoms with Gasteiger partial charge in [0, 0.05) is 12.6 Å². The summed E-state index contributed by atoms with van der Waals surface area (Å²) in [6.45, 7) is 3.59. The van der Waals surface area contributed by atoms with Crippen molar-refractivity contribution in [2.45, 2.75) is 58.4 Å². The number of hydrogen-bond acceptors (Lipinski definition) is 5. The second-order valence-corrected chi connectivity index (χ2v) is 7.55. The molecule has 7 nitrogen and oxygen atoms in total. The molecule has 0 saturated heterocycles. The number of esters is 2. The average Bonchev–Trinajstić information content (AvgIpc) is 2.71. The van der Waals surface area contributed by atoms with Crippen LogP contribution in [-0.4, -0.2) is 24.6 Å². The number of carbonyl (C=O) groups is 3. The van der Waals surface area contributed by atoms with E-state index in [0.29, 0.717) is 41.5 Å². The molecule has 1 heterocycles. The van der Waals surface area contributed by atoms with Crippen LogP contribution in [0.4, 0.5) is 4.79 Å². The Morgan fingerprint density at radius 1 is 1.17 bits per heavy atom. The lowest BCUT2D eigenvalue weighted by molar-refractivity contribution is -0.141.